The van der Waals surface area contributed by atoms with E-state index in [0.29, 0.717) is 20.5 Å². The Bertz CT molecular complexity index is 897. The SMILES string of the molecule is O=C1CCC(NC(=O)Cc2cc(Cl)sc2NC(=O)c2ccccc2)C(=O)N1. The number of imide groups is 1. The number of halogens is 1. The number of hydrogen-bond acceptors (Lipinski definition) is 5. The fourth-order valence-corrected chi connectivity index (χ4v) is 3.81. The first kappa shape index (κ1) is 19.1. The molecule has 2 heterocycles. The van der Waals surface area contributed by atoms with Gasteiger partial charge in [-0.25, -0.2) is 0 Å². The van der Waals surface area contributed by atoms with Crippen molar-refractivity contribution >= 4 is 51.6 Å². The summed E-state index contributed by atoms with van der Waals surface area (Å²) in [6, 6.07) is 9.54. The van der Waals surface area contributed by atoms with Gasteiger partial charge in [0.25, 0.3) is 5.91 Å². The fraction of sp³-hybridized carbons (Fsp3) is 0.222. The lowest BCUT2D eigenvalue weighted by molar-refractivity contribution is -0.137. The molecule has 3 N–H and O–H groups in total. The summed E-state index contributed by atoms with van der Waals surface area (Å²) in [4.78, 5) is 47.5. The second-order valence-corrected chi connectivity index (χ2v) is 7.66. The summed E-state index contributed by atoms with van der Waals surface area (Å²) in [5.41, 5.74) is 1.04. The van der Waals surface area contributed by atoms with E-state index in [1.54, 1.807) is 30.3 Å². The summed E-state index contributed by atoms with van der Waals surface area (Å²) in [6.45, 7) is 0. The van der Waals surface area contributed by atoms with Crippen molar-refractivity contribution in [3.8, 4) is 0 Å². The van der Waals surface area contributed by atoms with Gasteiger partial charge in [-0.15, -0.1) is 11.3 Å². The summed E-state index contributed by atoms with van der Waals surface area (Å²) in [6.07, 6.45) is 0.392. The van der Waals surface area contributed by atoms with E-state index in [0.717, 1.165) is 11.3 Å². The number of piperidine rings is 1. The molecule has 0 bridgehead atoms. The van der Waals surface area contributed by atoms with Crippen molar-refractivity contribution in [2.45, 2.75) is 25.3 Å². The largest absolute Gasteiger partial charge is 0.344 e. The third-order valence-corrected chi connectivity index (χ3v) is 5.19. The zero-order valence-corrected chi connectivity index (χ0v) is 15.7. The summed E-state index contributed by atoms with van der Waals surface area (Å²) in [7, 11) is 0. The van der Waals surface area contributed by atoms with Crippen molar-refractivity contribution < 1.29 is 19.2 Å². The minimum absolute atomic E-state index is 0.0502. The van der Waals surface area contributed by atoms with E-state index in [1.807, 2.05) is 6.07 Å². The average Bonchev–Trinajstić information content (AvgIpc) is 2.97. The van der Waals surface area contributed by atoms with Gasteiger partial charge in [-0.3, -0.25) is 24.5 Å². The molecule has 0 saturated carbocycles. The van der Waals surface area contributed by atoms with Gasteiger partial charge in [-0.1, -0.05) is 29.8 Å². The molecule has 3 rings (SSSR count). The monoisotopic (exact) mass is 405 g/mol. The van der Waals surface area contributed by atoms with Gasteiger partial charge in [-0.05, 0) is 30.2 Å². The number of nitrogens with one attached hydrogen (secondary N) is 3. The Hall–Kier alpha value is -2.71. The van der Waals surface area contributed by atoms with Crippen molar-refractivity contribution in [3.63, 3.8) is 0 Å². The van der Waals surface area contributed by atoms with Gasteiger partial charge in [0.15, 0.2) is 0 Å². The Labute approximate surface area is 164 Å². The second kappa shape index (κ2) is 8.32. The molecule has 0 aliphatic carbocycles. The predicted molar refractivity (Wildman–Crippen MR) is 102 cm³/mol. The van der Waals surface area contributed by atoms with E-state index in [9.17, 15) is 19.2 Å². The third kappa shape index (κ3) is 4.93. The summed E-state index contributed by atoms with van der Waals surface area (Å²) in [5.74, 6) is -1.56. The molecule has 7 nitrogen and oxygen atoms in total. The quantitative estimate of drug-likeness (QED) is 0.662. The number of thiophene rings is 1. The predicted octanol–water partition coefficient (Wildman–Crippen LogP) is 2.12. The van der Waals surface area contributed by atoms with Crippen LogP contribution in [-0.4, -0.2) is 29.7 Å². The smallest absolute Gasteiger partial charge is 0.256 e. The lowest BCUT2D eigenvalue weighted by Crippen LogP contribution is -2.52. The number of amides is 4. The molecular weight excluding hydrogens is 390 g/mol. The number of rotatable bonds is 5. The normalized spacial score (nSPS) is 16.6. The minimum Gasteiger partial charge on any atom is -0.344 e. The maximum Gasteiger partial charge on any atom is 0.256 e. The van der Waals surface area contributed by atoms with Gasteiger partial charge in [0.2, 0.25) is 17.7 Å². The first-order chi connectivity index (χ1) is 12.9. The number of benzene rings is 1. The molecule has 1 unspecified atom stereocenters. The number of carbonyl (C=O) groups is 4. The van der Waals surface area contributed by atoms with Crippen molar-refractivity contribution in [1.29, 1.82) is 0 Å². The molecule has 9 heteroatoms. The van der Waals surface area contributed by atoms with E-state index in [-0.39, 0.29) is 31.1 Å². The van der Waals surface area contributed by atoms with Crippen LogP contribution in [0.15, 0.2) is 36.4 Å². The summed E-state index contributed by atoms with van der Waals surface area (Å²) in [5, 5.41) is 8.04. The van der Waals surface area contributed by atoms with Crippen LogP contribution in [0.1, 0.15) is 28.8 Å². The van der Waals surface area contributed by atoms with Crippen molar-refractivity contribution in [1.82, 2.24) is 10.6 Å². The fourth-order valence-electron chi connectivity index (χ4n) is 2.65. The molecule has 1 atom stereocenters. The maximum absolute atomic E-state index is 12.3. The van der Waals surface area contributed by atoms with Gasteiger partial charge in [0, 0.05) is 12.0 Å². The molecule has 0 radical (unpaired) electrons. The molecular formula is C18H16ClN3O4S. The second-order valence-electron chi connectivity index (χ2n) is 5.97. The summed E-state index contributed by atoms with van der Waals surface area (Å²) >= 11 is 7.20. The van der Waals surface area contributed by atoms with Crippen LogP contribution in [-0.2, 0) is 20.8 Å². The van der Waals surface area contributed by atoms with E-state index in [2.05, 4.69) is 16.0 Å². The van der Waals surface area contributed by atoms with Crippen LogP contribution in [0.25, 0.3) is 0 Å². The van der Waals surface area contributed by atoms with Crippen LogP contribution in [0, 0.1) is 0 Å². The number of carbonyl (C=O) groups excluding carboxylic acids is 4. The lowest BCUT2D eigenvalue weighted by atomic mass is 10.1. The first-order valence-electron chi connectivity index (χ1n) is 8.20. The average molecular weight is 406 g/mol. The van der Waals surface area contributed by atoms with E-state index >= 15 is 0 Å². The Kier molecular flexibility index (Phi) is 5.88. The molecule has 0 spiro atoms. The highest BCUT2D eigenvalue weighted by molar-refractivity contribution is 7.20. The molecule has 1 saturated heterocycles. The van der Waals surface area contributed by atoms with Crippen LogP contribution >= 0.6 is 22.9 Å². The van der Waals surface area contributed by atoms with E-state index in [1.165, 1.54) is 0 Å². The standard InChI is InChI=1S/C18H16ClN3O4S/c19-13-8-11(9-15(24)20-12-6-7-14(23)21-17(12)26)18(27-13)22-16(25)10-4-2-1-3-5-10/h1-5,8,12H,6-7,9H2,(H,20,24)(H,22,25)(H,21,23,26). The molecule has 1 fully saturated rings. The Balaban J connectivity index is 1.65. The molecule has 140 valence electrons. The lowest BCUT2D eigenvalue weighted by Gasteiger charge is -2.21. The van der Waals surface area contributed by atoms with Gasteiger partial charge < -0.3 is 10.6 Å². The molecule has 1 aliphatic heterocycles. The van der Waals surface area contributed by atoms with Crippen LogP contribution in [0.4, 0.5) is 5.00 Å². The Morgan fingerprint density at radius 1 is 1.22 bits per heavy atom. The van der Waals surface area contributed by atoms with Crippen LogP contribution in [0.2, 0.25) is 4.34 Å². The molecule has 4 amide bonds. The highest BCUT2D eigenvalue weighted by Crippen LogP contribution is 2.32. The first-order valence-corrected chi connectivity index (χ1v) is 9.39. The highest BCUT2D eigenvalue weighted by Gasteiger charge is 2.28. The Morgan fingerprint density at radius 2 is 1.96 bits per heavy atom. The van der Waals surface area contributed by atoms with Gasteiger partial charge in [0.05, 0.1) is 10.8 Å². The van der Waals surface area contributed by atoms with Crippen molar-refractivity contribution in [3.05, 3.63) is 51.9 Å². The van der Waals surface area contributed by atoms with E-state index in [4.69, 9.17) is 11.6 Å². The van der Waals surface area contributed by atoms with Crippen LogP contribution in [0.5, 0.6) is 0 Å². The van der Waals surface area contributed by atoms with Gasteiger partial charge in [0.1, 0.15) is 11.0 Å². The highest BCUT2D eigenvalue weighted by atomic mass is 35.5. The van der Waals surface area contributed by atoms with Crippen LogP contribution in [0.3, 0.4) is 0 Å². The van der Waals surface area contributed by atoms with E-state index < -0.39 is 17.9 Å². The number of hydrogen-bond donors (Lipinski definition) is 3. The minimum atomic E-state index is -0.744. The number of anilines is 1. The molecule has 27 heavy (non-hydrogen) atoms. The molecule has 1 aromatic heterocycles. The topological polar surface area (TPSA) is 104 Å². The van der Waals surface area contributed by atoms with Gasteiger partial charge >= 0.3 is 0 Å². The molecule has 1 aromatic carbocycles. The third-order valence-electron chi connectivity index (χ3n) is 3.97. The van der Waals surface area contributed by atoms with Crippen molar-refractivity contribution in [2.24, 2.45) is 0 Å². The Morgan fingerprint density at radius 3 is 2.67 bits per heavy atom. The zero-order chi connectivity index (χ0) is 19.4. The van der Waals surface area contributed by atoms with Crippen LogP contribution < -0.4 is 16.0 Å². The zero-order valence-electron chi connectivity index (χ0n) is 14.1. The maximum atomic E-state index is 12.3. The summed E-state index contributed by atoms with van der Waals surface area (Å²) < 4.78 is 0.433. The van der Waals surface area contributed by atoms with Crippen molar-refractivity contribution in [2.75, 3.05) is 5.32 Å². The molecule has 2 aromatic rings. The molecule has 1 aliphatic rings. The van der Waals surface area contributed by atoms with Gasteiger partial charge in [-0.2, -0.15) is 0 Å².